The Bertz CT molecular complexity index is 3200. The van der Waals surface area contributed by atoms with Crippen LogP contribution < -0.4 is 4.90 Å². The van der Waals surface area contributed by atoms with Gasteiger partial charge in [-0.1, -0.05) is 121 Å². The molecule has 7 nitrogen and oxygen atoms in total. The monoisotopic (exact) mass is 795 g/mol. The third-order valence-electron chi connectivity index (χ3n) is 11.2. The van der Waals surface area contributed by atoms with Gasteiger partial charge < -0.3 is 9.47 Å². The quantitative estimate of drug-likeness (QED) is 0.145. The second kappa shape index (κ2) is 15.9. The summed E-state index contributed by atoms with van der Waals surface area (Å²) in [4.78, 5) is 26.5. The Kier molecular flexibility index (Phi) is 9.37. The van der Waals surface area contributed by atoms with Crippen LogP contribution in [0.4, 0.5) is 17.1 Å². The third-order valence-corrected chi connectivity index (χ3v) is 11.2. The molecule has 0 aliphatic heterocycles. The summed E-state index contributed by atoms with van der Waals surface area (Å²) in [5.74, 6) is 1.60. The average Bonchev–Trinajstić information content (AvgIpc) is 3.70. The second-order valence-electron chi connectivity index (χ2n) is 15.0. The zero-order valence-electron chi connectivity index (χ0n) is 33.5. The van der Waals surface area contributed by atoms with Crippen LogP contribution in [0.5, 0.6) is 0 Å². The van der Waals surface area contributed by atoms with E-state index in [2.05, 4.69) is 195 Å². The molecule has 0 radical (unpaired) electrons. The molecule has 4 aromatic heterocycles. The molecule has 62 heavy (non-hydrogen) atoms. The minimum Gasteiger partial charge on any atom is -0.309 e. The van der Waals surface area contributed by atoms with Gasteiger partial charge in [0.25, 0.3) is 0 Å². The van der Waals surface area contributed by atoms with Gasteiger partial charge in [-0.05, 0) is 90.0 Å². The van der Waals surface area contributed by atoms with Gasteiger partial charge in [0, 0.05) is 74.8 Å². The third kappa shape index (κ3) is 6.64. The van der Waals surface area contributed by atoms with Gasteiger partial charge in [-0.2, -0.15) is 0 Å². The maximum Gasteiger partial charge on any atom is 0.165 e. The van der Waals surface area contributed by atoms with Gasteiger partial charge in [-0.25, -0.2) is 15.0 Å². The van der Waals surface area contributed by atoms with E-state index in [1.807, 2.05) is 24.3 Å². The molecule has 0 saturated carbocycles. The molecule has 0 N–H and O–H groups in total. The molecule has 0 unspecified atom stereocenters. The molecular weight excluding hydrogens is 759 g/mol. The predicted molar refractivity (Wildman–Crippen MR) is 252 cm³/mol. The molecule has 0 amide bonds. The Hall–Kier alpha value is -8.55. The van der Waals surface area contributed by atoms with E-state index in [9.17, 15) is 0 Å². The molecule has 0 bridgehead atoms. The molecule has 0 atom stereocenters. The van der Waals surface area contributed by atoms with E-state index in [-0.39, 0.29) is 0 Å². The number of fused-ring (bicyclic) bond motifs is 3. The SMILES string of the molecule is c1ccc(-c2cc(-c3nc(-c4cccnc4)nc(-c4cccnc4)n3)cc(-c3ccccc3)c2N(c2ccccc2)c2cccc3c2c2ccccc2n3-c2ccccc2)cc1. The largest absolute Gasteiger partial charge is 0.309 e. The Morgan fingerprint density at radius 2 is 0.871 bits per heavy atom. The van der Waals surface area contributed by atoms with E-state index in [0.29, 0.717) is 17.5 Å². The Labute approximate surface area is 359 Å². The van der Waals surface area contributed by atoms with Crippen LogP contribution in [0.3, 0.4) is 0 Å². The van der Waals surface area contributed by atoms with Crippen molar-refractivity contribution in [3.05, 3.63) is 225 Å². The van der Waals surface area contributed by atoms with Crippen LogP contribution in [0.25, 0.3) is 83.9 Å². The van der Waals surface area contributed by atoms with Crippen molar-refractivity contribution in [2.45, 2.75) is 0 Å². The summed E-state index contributed by atoms with van der Waals surface area (Å²) in [5.41, 5.74) is 13.0. The fraction of sp³-hybridized carbons (Fsp3) is 0. The van der Waals surface area contributed by atoms with E-state index < -0.39 is 0 Å². The van der Waals surface area contributed by atoms with E-state index in [1.165, 1.54) is 0 Å². The summed E-state index contributed by atoms with van der Waals surface area (Å²) in [7, 11) is 0. The average molecular weight is 796 g/mol. The molecule has 11 aromatic rings. The molecule has 0 spiro atoms. The molecule has 4 heterocycles. The molecule has 7 heteroatoms. The molecule has 0 aliphatic rings. The number of pyridine rings is 2. The molecule has 0 aliphatic carbocycles. The molecule has 11 rings (SSSR count). The van der Waals surface area contributed by atoms with Crippen molar-refractivity contribution < 1.29 is 0 Å². The number of rotatable bonds is 9. The van der Waals surface area contributed by atoms with Gasteiger partial charge in [-0.3, -0.25) is 9.97 Å². The van der Waals surface area contributed by atoms with Crippen LogP contribution in [0.2, 0.25) is 0 Å². The van der Waals surface area contributed by atoms with Gasteiger partial charge in [0.05, 0.1) is 22.4 Å². The lowest BCUT2D eigenvalue weighted by molar-refractivity contribution is 1.07. The highest BCUT2D eigenvalue weighted by molar-refractivity contribution is 6.17. The molecule has 7 aromatic carbocycles. The van der Waals surface area contributed by atoms with Crippen LogP contribution in [0, 0.1) is 0 Å². The number of anilines is 3. The number of hydrogen-bond acceptors (Lipinski definition) is 6. The summed E-state index contributed by atoms with van der Waals surface area (Å²) >= 11 is 0. The number of hydrogen-bond donors (Lipinski definition) is 0. The Balaban J connectivity index is 1.25. The van der Waals surface area contributed by atoms with Crippen LogP contribution in [0.15, 0.2) is 225 Å². The molecule has 0 fully saturated rings. The lowest BCUT2D eigenvalue weighted by Gasteiger charge is -2.31. The van der Waals surface area contributed by atoms with Gasteiger partial charge in [0.1, 0.15) is 0 Å². The van der Waals surface area contributed by atoms with E-state index >= 15 is 0 Å². The fourth-order valence-electron chi connectivity index (χ4n) is 8.44. The van der Waals surface area contributed by atoms with Gasteiger partial charge >= 0.3 is 0 Å². The van der Waals surface area contributed by atoms with Crippen molar-refractivity contribution >= 4 is 38.9 Å². The minimum atomic E-state index is 0.529. The predicted octanol–water partition coefficient (Wildman–Crippen LogP) is 13.6. The van der Waals surface area contributed by atoms with E-state index in [1.54, 1.807) is 24.8 Å². The molecule has 0 saturated heterocycles. The topological polar surface area (TPSA) is 72.6 Å². The fourth-order valence-corrected chi connectivity index (χ4v) is 8.44. The first kappa shape index (κ1) is 36.5. The highest BCUT2D eigenvalue weighted by Crippen LogP contribution is 2.51. The summed E-state index contributed by atoms with van der Waals surface area (Å²) in [6, 6.07) is 70.1. The number of benzene rings is 7. The van der Waals surface area contributed by atoms with Crippen molar-refractivity contribution in [1.29, 1.82) is 0 Å². The zero-order chi connectivity index (χ0) is 41.2. The summed E-state index contributed by atoms with van der Waals surface area (Å²) < 4.78 is 2.37. The van der Waals surface area contributed by atoms with Crippen LogP contribution >= 0.6 is 0 Å². The summed E-state index contributed by atoms with van der Waals surface area (Å²) in [6.07, 6.45) is 7.08. The van der Waals surface area contributed by atoms with Crippen LogP contribution in [0.1, 0.15) is 0 Å². The number of para-hydroxylation sites is 3. The summed E-state index contributed by atoms with van der Waals surface area (Å²) in [5, 5.41) is 2.32. The van der Waals surface area contributed by atoms with Gasteiger partial charge in [0.15, 0.2) is 17.5 Å². The Morgan fingerprint density at radius 3 is 1.44 bits per heavy atom. The second-order valence-corrected chi connectivity index (χ2v) is 15.0. The van der Waals surface area contributed by atoms with E-state index in [4.69, 9.17) is 15.0 Å². The highest BCUT2D eigenvalue weighted by Gasteiger charge is 2.27. The number of aromatic nitrogens is 6. The minimum absolute atomic E-state index is 0.529. The van der Waals surface area contributed by atoms with Gasteiger partial charge in [0.2, 0.25) is 0 Å². The maximum atomic E-state index is 5.17. The Morgan fingerprint density at radius 1 is 0.387 bits per heavy atom. The smallest absolute Gasteiger partial charge is 0.165 e. The standard InChI is InChI=1S/C55H37N7/c1-5-18-38(19-6-1)46-34-42(55-59-53(40-22-16-32-56-36-40)58-54(60-55)41-23-17-33-57-37-41)35-47(39-20-7-2-8-21-39)52(46)62(44-26-11-4-12-27-44)50-31-15-30-49-51(50)45-28-13-14-29-48(45)61(49)43-24-9-3-10-25-43/h1-37H. The normalized spacial score (nSPS) is 11.2. The maximum absolute atomic E-state index is 5.17. The van der Waals surface area contributed by atoms with Crippen molar-refractivity contribution in [2.24, 2.45) is 0 Å². The molecule has 292 valence electrons. The van der Waals surface area contributed by atoms with Crippen molar-refractivity contribution in [3.8, 4) is 62.1 Å². The molecular formula is C55H37N7. The lowest BCUT2D eigenvalue weighted by atomic mass is 9.91. The lowest BCUT2D eigenvalue weighted by Crippen LogP contribution is -2.13. The van der Waals surface area contributed by atoms with Crippen molar-refractivity contribution in [2.75, 3.05) is 4.90 Å². The highest BCUT2D eigenvalue weighted by atomic mass is 15.2. The summed E-state index contributed by atoms with van der Waals surface area (Å²) in [6.45, 7) is 0. The van der Waals surface area contributed by atoms with Gasteiger partial charge in [-0.15, -0.1) is 0 Å². The zero-order valence-corrected chi connectivity index (χ0v) is 33.5. The van der Waals surface area contributed by atoms with E-state index in [0.717, 1.165) is 83.5 Å². The van der Waals surface area contributed by atoms with Crippen LogP contribution in [-0.2, 0) is 0 Å². The first-order chi connectivity index (χ1) is 30.8. The first-order valence-electron chi connectivity index (χ1n) is 20.6. The first-order valence-corrected chi connectivity index (χ1v) is 20.6. The van der Waals surface area contributed by atoms with Crippen LogP contribution in [-0.4, -0.2) is 29.5 Å². The number of nitrogens with zero attached hydrogens (tertiary/aromatic N) is 7. The van der Waals surface area contributed by atoms with Crippen molar-refractivity contribution in [1.82, 2.24) is 29.5 Å². The van der Waals surface area contributed by atoms with Crippen molar-refractivity contribution in [3.63, 3.8) is 0 Å².